The third-order valence-electron chi connectivity index (χ3n) is 5.44. The van der Waals surface area contributed by atoms with Crippen molar-refractivity contribution in [1.82, 2.24) is 0 Å². The van der Waals surface area contributed by atoms with E-state index in [1.165, 1.54) is 0 Å². The van der Waals surface area contributed by atoms with Crippen LogP contribution in [0.3, 0.4) is 0 Å². The molecule has 34 heavy (non-hydrogen) atoms. The van der Waals surface area contributed by atoms with Crippen LogP contribution in [0.25, 0.3) is 10.8 Å². The van der Waals surface area contributed by atoms with Crippen LogP contribution < -0.4 is 18.9 Å². The second-order valence-corrected chi connectivity index (χ2v) is 7.38. The van der Waals surface area contributed by atoms with Gasteiger partial charge in [0.2, 0.25) is 0 Å². The van der Waals surface area contributed by atoms with Crippen molar-refractivity contribution in [2.75, 3.05) is 28.4 Å². The molecule has 0 unspecified atom stereocenters. The summed E-state index contributed by atoms with van der Waals surface area (Å²) in [6, 6.07) is 23.3. The van der Waals surface area contributed by atoms with Crippen LogP contribution >= 0.6 is 0 Å². The van der Waals surface area contributed by atoms with Gasteiger partial charge in [-0.3, -0.25) is 9.98 Å². The molecule has 172 valence electrons. The highest BCUT2D eigenvalue weighted by Gasteiger charge is 2.07. The lowest BCUT2D eigenvalue weighted by Crippen LogP contribution is -1.92. The van der Waals surface area contributed by atoms with Gasteiger partial charge in [-0.1, -0.05) is 24.3 Å². The molecule has 0 saturated heterocycles. The molecule has 6 heteroatoms. The summed E-state index contributed by atoms with van der Waals surface area (Å²) >= 11 is 0. The summed E-state index contributed by atoms with van der Waals surface area (Å²) in [5.74, 6) is 2.86. The molecule has 0 heterocycles. The molecule has 0 N–H and O–H groups in total. The van der Waals surface area contributed by atoms with E-state index in [1.54, 1.807) is 40.9 Å². The van der Waals surface area contributed by atoms with E-state index < -0.39 is 0 Å². The van der Waals surface area contributed by atoms with E-state index >= 15 is 0 Å². The van der Waals surface area contributed by atoms with E-state index in [0.717, 1.165) is 44.8 Å². The first-order valence-corrected chi connectivity index (χ1v) is 10.7. The summed E-state index contributed by atoms with van der Waals surface area (Å²) in [6.45, 7) is 0. The molecular formula is C28H26N2O4. The van der Waals surface area contributed by atoms with Crippen LogP contribution in [0.15, 0.2) is 82.8 Å². The summed E-state index contributed by atoms with van der Waals surface area (Å²) in [6.07, 6.45) is 3.59. The fourth-order valence-corrected chi connectivity index (χ4v) is 3.63. The SMILES string of the molecule is COc1ccc(C=Nc2cccc3c(N=Cc4ccc(OC)cc4OC)cccc23)c(OC)c1. The zero-order chi connectivity index (χ0) is 23.9. The van der Waals surface area contributed by atoms with Crippen molar-refractivity contribution in [3.63, 3.8) is 0 Å². The number of ether oxygens (including phenoxy) is 4. The Hall–Kier alpha value is -4.32. The highest BCUT2D eigenvalue weighted by molar-refractivity contribution is 6.02. The van der Waals surface area contributed by atoms with E-state index in [-0.39, 0.29) is 0 Å². The van der Waals surface area contributed by atoms with E-state index in [1.807, 2.05) is 72.8 Å². The minimum absolute atomic E-state index is 0.696. The quantitative estimate of drug-likeness (QED) is 0.290. The number of rotatable bonds is 8. The fraction of sp³-hybridized carbons (Fsp3) is 0.143. The molecule has 6 nitrogen and oxygen atoms in total. The predicted molar refractivity (Wildman–Crippen MR) is 138 cm³/mol. The van der Waals surface area contributed by atoms with Crippen molar-refractivity contribution in [2.45, 2.75) is 0 Å². The first-order chi connectivity index (χ1) is 16.7. The number of benzene rings is 4. The molecule has 0 aliphatic carbocycles. The van der Waals surface area contributed by atoms with E-state index in [9.17, 15) is 0 Å². The maximum atomic E-state index is 5.48. The summed E-state index contributed by atoms with van der Waals surface area (Å²) in [7, 11) is 6.52. The first-order valence-electron chi connectivity index (χ1n) is 10.7. The van der Waals surface area contributed by atoms with Crippen LogP contribution in [0.1, 0.15) is 11.1 Å². The molecule has 0 radical (unpaired) electrons. The van der Waals surface area contributed by atoms with Crippen molar-refractivity contribution >= 4 is 34.6 Å². The molecular weight excluding hydrogens is 428 g/mol. The van der Waals surface area contributed by atoms with Gasteiger partial charge in [0.05, 0.1) is 39.8 Å². The lowest BCUT2D eigenvalue weighted by atomic mass is 10.1. The number of hydrogen-bond donors (Lipinski definition) is 0. The lowest BCUT2D eigenvalue weighted by Gasteiger charge is -2.08. The Balaban J connectivity index is 1.68. The van der Waals surface area contributed by atoms with Crippen molar-refractivity contribution in [3.8, 4) is 23.0 Å². The number of methoxy groups -OCH3 is 4. The Kier molecular flexibility index (Phi) is 7.08. The molecule has 0 aromatic heterocycles. The van der Waals surface area contributed by atoms with E-state index in [2.05, 4.69) is 0 Å². The number of fused-ring (bicyclic) bond motifs is 1. The number of hydrogen-bond acceptors (Lipinski definition) is 6. The molecule has 0 amide bonds. The topological polar surface area (TPSA) is 61.6 Å². The van der Waals surface area contributed by atoms with Gasteiger partial charge in [-0.25, -0.2) is 0 Å². The Bertz CT molecular complexity index is 1260. The third kappa shape index (κ3) is 4.86. The standard InChI is InChI=1S/C28H26N2O4/c1-31-21-13-11-19(27(15-21)33-3)17-29-25-9-5-8-24-23(25)7-6-10-26(24)30-18-20-12-14-22(32-2)16-28(20)34-4/h5-18H,1-4H3. The zero-order valence-electron chi connectivity index (χ0n) is 19.6. The third-order valence-corrected chi connectivity index (χ3v) is 5.44. The summed E-state index contributed by atoms with van der Waals surface area (Å²) in [4.78, 5) is 9.49. The molecule has 4 aromatic rings. The predicted octanol–water partition coefficient (Wildman–Crippen LogP) is 6.38. The van der Waals surface area contributed by atoms with Crippen molar-refractivity contribution in [2.24, 2.45) is 9.98 Å². The minimum Gasteiger partial charge on any atom is -0.497 e. The maximum absolute atomic E-state index is 5.48. The van der Waals surface area contributed by atoms with Crippen LogP contribution in [-0.4, -0.2) is 40.9 Å². The highest BCUT2D eigenvalue weighted by atomic mass is 16.5. The van der Waals surface area contributed by atoms with Crippen LogP contribution in [0.5, 0.6) is 23.0 Å². The average Bonchev–Trinajstić information content (AvgIpc) is 2.90. The van der Waals surface area contributed by atoms with E-state index in [4.69, 9.17) is 28.9 Å². The van der Waals surface area contributed by atoms with Crippen LogP contribution in [-0.2, 0) is 0 Å². The second kappa shape index (κ2) is 10.5. The largest absolute Gasteiger partial charge is 0.497 e. The van der Waals surface area contributed by atoms with Gasteiger partial charge in [-0.15, -0.1) is 0 Å². The molecule has 0 spiro atoms. The molecule has 0 fully saturated rings. The van der Waals surface area contributed by atoms with E-state index in [0.29, 0.717) is 11.5 Å². The Morgan fingerprint density at radius 3 is 1.35 bits per heavy atom. The molecule has 0 atom stereocenters. The second-order valence-electron chi connectivity index (χ2n) is 7.38. The highest BCUT2D eigenvalue weighted by Crippen LogP contribution is 2.33. The van der Waals surface area contributed by atoms with Crippen molar-refractivity contribution < 1.29 is 18.9 Å². The molecule has 0 bridgehead atoms. The van der Waals surface area contributed by atoms with Gasteiger partial charge >= 0.3 is 0 Å². The van der Waals surface area contributed by atoms with Gasteiger partial charge in [0.1, 0.15) is 23.0 Å². The van der Waals surface area contributed by atoms with Gasteiger partial charge in [0.25, 0.3) is 0 Å². The number of aliphatic imine (C=N–C) groups is 2. The summed E-state index contributed by atoms with van der Waals surface area (Å²) < 4.78 is 21.5. The van der Waals surface area contributed by atoms with Crippen LogP contribution in [0.2, 0.25) is 0 Å². The Morgan fingerprint density at radius 1 is 0.529 bits per heavy atom. The van der Waals surface area contributed by atoms with Crippen molar-refractivity contribution in [3.05, 3.63) is 83.9 Å². The number of nitrogens with zero attached hydrogens (tertiary/aromatic N) is 2. The molecule has 0 aliphatic rings. The monoisotopic (exact) mass is 454 g/mol. The van der Waals surface area contributed by atoms with Gasteiger partial charge < -0.3 is 18.9 Å². The maximum Gasteiger partial charge on any atom is 0.131 e. The smallest absolute Gasteiger partial charge is 0.131 e. The fourth-order valence-electron chi connectivity index (χ4n) is 3.63. The molecule has 4 aromatic carbocycles. The van der Waals surface area contributed by atoms with Gasteiger partial charge in [-0.2, -0.15) is 0 Å². The molecule has 0 aliphatic heterocycles. The normalized spacial score (nSPS) is 11.3. The van der Waals surface area contributed by atoms with Crippen LogP contribution in [0.4, 0.5) is 11.4 Å². The van der Waals surface area contributed by atoms with Crippen molar-refractivity contribution in [1.29, 1.82) is 0 Å². The Labute approximate surface area is 199 Å². The minimum atomic E-state index is 0.696. The summed E-state index contributed by atoms with van der Waals surface area (Å²) in [5.41, 5.74) is 3.41. The van der Waals surface area contributed by atoms with Gasteiger partial charge in [-0.05, 0) is 36.4 Å². The zero-order valence-corrected chi connectivity index (χ0v) is 19.6. The average molecular weight is 455 g/mol. The van der Waals surface area contributed by atoms with Crippen LogP contribution in [0, 0.1) is 0 Å². The first kappa shape index (κ1) is 22.9. The molecule has 0 saturated carbocycles. The van der Waals surface area contributed by atoms with Gasteiger partial charge in [0, 0.05) is 46.5 Å². The lowest BCUT2D eigenvalue weighted by molar-refractivity contribution is 0.393. The Morgan fingerprint density at radius 2 is 0.971 bits per heavy atom. The van der Waals surface area contributed by atoms with Gasteiger partial charge in [0.15, 0.2) is 0 Å². The molecule has 4 rings (SSSR count). The summed E-state index contributed by atoms with van der Waals surface area (Å²) in [5, 5.41) is 2.00.